The van der Waals surface area contributed by atoms with Gasteiger partial charge in [-0.05, 0) is 46.0 Å². The Bertz CT molecular complexity index is 516. The third-order valence-electron chi connectivity index (χ3n) is 7.75. The van der Waals surface area contributed by atoms with Crippen molar-refractivity contribution in [2.75, 3.05) is 6.61 Å². The molecule has 0 bridgehead atoms. The first-order valence-corrected chi connectivity index (χ1v) is 16.3. The third kappa shape index (κ3) is 24.5. The van der Waals surface area contributed by atoms with Crippen molar-refractivity contribution in [1.29, 1.82) is 0 Å². The number of ether oxygens (including phenoxy) is 1. The first kappa shape index (κ1) is 37.5. The van der Waals surface area contributed by atoms with Gasteiger partial charge in [0.2, 0.25) is 0 Å². The second kappa shape index (κ2) is 26.7. The van der Waals surface area contributed by atoms with Gasteiger partial charge in [-0.15, -0.1) is 0 Å². The highest BCUT2D eigenvalue weighted by atomic mass is 16.5. The zero-order valence-corrected chi connectivity index (χ0v) is 25.5. The van der Waals surface area contributed by atoms with Crippen LogP contribution in [-0.2, 0) is 9.53 Å². The van der Waals surface area contributed by atoms with E-state index in [1.165, 1.54) is 51.4 Å². The molecule has 5 atom stereocenters. The summed E-state index contributed by atoms with van der Waals surface area (Å²) >= 11 is 0. The van der Waals surface area contributed by atoms with E-state index in [9.17, 15) is 15.0 Å². The van der Waals surface area contributed by atoms with Gasteiger partial charge in [0.1, 0.15) is 5.78 Å². The number of hydrogen-bond acceptors (Lipinski definition) is 6. The maximum Gasteiger partial charge on any atom is 0.135 e. The SMILES string of the molecule is CCCCOC(CCCCCCCCCCCC[C@@H](O)[C@@H](C)N)CC(=O)CCCCCCC[C@@H](O)[C@@H](C)N. The lowest BCUT2D eigenvalue weighted by Gasteiger charge is -2.17. The number of carbonyl (C=O) groups is 1. The molecule has 0 fully saturated rings. The molecule has 0 aromatic rings. The van der Waals surface area contributed by atoms with E-state index in [2.05, 4.69) is 6.92 Å². The van der Waals surface area contributed by atoms with Gasteiger partial charge < -0.3 is 26.4 Å². The number of unbranched alkanes of at least 4 members (excludes halogenated alkanes) is 14. The van der Waals surface area contributed by atoms with E-state index in [0.29, 0.717) is 18.6 Å². The number of rotatable bonds is 29. The Labute approximate surface area is 236 Å². The van der Waals surface area contributed by atoms with Crippen LogP contribution in [0.3, 0.4) is 0 Å². The average molecular weight is 543 g/mol. The van der Waals surface area contributed by atoms with Crippen LogP contribution in [0.4, 0.5) is 0 Å². The molecule has 0 aliphatic heterocycles. The number of nitrogens with two attached hydrogens (primary N) is 2. The second-order valence-electron chi connectivity index (χ2n) is 11.9. The summed E-state index contributed by atoms with van der Waals surface area (Å²) in [6.45, 7) is 6.66. The van der Waals surface area contributed by atoms with Crippen LogP contribution < -0.4 is 11.5 Å². The van der Waals surface area contributed by atoms with Gasteiger partial charge in [0, 0.05) is 31.5 Å². The summed E-state index contributed by atoms with van der Waals surface area (Å²) in [6.07, 6.45) is 23.0. The molecule has 0 radical (unpaired) electrons. The monoisotopic (exact) mass is 543 g/mol. The van der Waals surface area contributed by atoms with E-state index < -0.39 is 6.10 Å². The number of Topliss-reactive ketones (excluding diaryl/α,β-unsaturated/α-hetero) is 1. The standard InChI is InChI=1S/C32H66N2O4/c1-4-5-25-38-30(26-29(35)21-17-13-12-16-20-24-32(37)28(3)34)22-18-14-10-8-6-7-9-11-15-19-23-31(36)27(2)33/h27-28,30-32,36-37H,4-26,33-34H2,1-3H3/t27-,28-,30?,31-,32-/m1/s1. The molecule has 0 aliphatic rings. The predicted molar refractivity (Wildman–Crippen MR) is 161 cm³/mol. The van der Waals surface area contributed by atoms with E-state index >= 15 is 0 Å². The predicted octanol–water partition coefficient (Wildman–Crippen LogP) is 6.96. The number of aliphatic hydroxyl groups excluding tert-OH is 2. The van der Waals surface area contributed by atoms with Gasteiger partial charge in [0.25, 0.3) is 0 Å². The Kier molecular flexibility index (Phi) is 26.3. The van der Waals surface area contributed by atoms with E-state index in [1.807, 2.05) is 13.8 Å². The molecule has 0 aliphatic carbocycles. The molecule has 0 amide bonds. The van der Waals surface area contributed by atoms with E-state index in [1.54, 1.807) is 0 Å². The van der Waals surface area contributed by atoms with Crippen molar-refractivity contribution in [3.05, 3.63) is 0 Å². The summed E-state index contributed by atoms with van der Waals surface area (Å²) in [6, 6.07) is -0.272. The molecule has 0 aromatic carbocycles. The molecule has 0 rings (SSSR count). The van der Waals surface area contributed by atoms with Gasteiger partial charge in [0.05, 0.1) is 18.3 Å². The fraction of sp³-hybridized carbons (Fsp3) is 0.969. The number of ketones is 1. The van der Waals surface area contributed by atoms with Gasteiger partial charge in [-0.2, -0.15) is 0 Å². The highest BCUT2D eigenvalue weighted by Gasteiger charge is 2.14. The quantitative estimate of drug-likeness (QED) is 0.0759. The molecule has 0 aromatic heterocycles. The largest absolute Gasteiger partial charge is 0.392 e. The van der Waals surface area contributed by atoms with Crippen LogP contribution in [0.5, 0.6) is 0 Å². The molecule has 6 heteroatoms. The van der Waals surface area contributed by atoms with Crippen LogP contribution in [-0.4, -0.2) is 53.0 Å². The Balaban J connectivity index is 3.82. The molecule has 6 nitrogen and oxygen atoms in total. The number of carbonyl (C=O) groups excluding carboxylic acids is 1. The molecule has 228 valence electrons. The fourth-order valence-corrected chi connectivity index (χ4v) is 4.87. The van der Waals surface area contributed by atoms with Crippen molar-refractivity contribution >= 4 is 5.78 Å². The Hall–Kier alpha value is -0.530. The normalized spacial score (nSPS) is 15.8. The van der Waals surface area contributed by atoms with Crippen LogP contribution in [0.2, 0.25) is 0 Å². The highest BCUT2D eigenvalue weighted by Crippen LogP contribution is 2.17. The summed E-state index contributed by atoms with van der Waals surface area (Å²) in [4.78, 5) is 12.6. The van der Waals surface area contributed by atoms with Crippen LogP contribution in [0.1, 0.15) is 162 Å². The van der Waals surface area contributed by atoms with Crippen LogP contribution in [0, 0.1) is 0 Å². The summed E-state index contributed by atoms with van der Waals surface area (Å²) in [5.41, 5.74) is 11.4. The van der Waals surface area contributed by atoms with Crippen LogP contribution in [0.15, 0.2) is 0 Å². The molecule has 1 unspecified atom stereocenters. The second-order valence-corrected chi connectivity index (χ2v) is 11.9. The first-order valence-electron chi connectivity index (χ1n) is 16.3. The van der Waals surface area contributed by atoms with Crippen molar-refractivity contribution in [2.24, 2.45) is 11.5 Å². The van der Waals surface area contributed by atoms with Gasteiger partial charge in [-0.1, -0.05) is 103 Å². The van der Waals surface area contributed by atoms with E-state index in [4.69, 9.17) is 16.2 Å². The van der Waals surface area contributed by atoms with Crippen LogP contribution in [0.25, 0.3) is 0 Å². The molecule has 6 N–H and O–H groups in total. The minimum Gasteiger partial charge on any atom is -0.392 e. The average Bonchev–Trinajstić information content (AvgIpc) is 2.88. The van der Waals surface area contributed by atoms with E-state index in [0.717, 1.165) is 83.7 Å². The highest BCUT2D eigenvalue weighted by molar-refractivity contribution is 5.78. The Morgan fingerprint density at radius 2 is 1.03 bits per heavy atom. The lowest BCUT2D eigenvalue weighted by atomic mass is 10.00. The first-order chi connectivity index (χ1) is 18.3. The molecule has 0 saturated carbocycles. The van der Waals surface area contributed by atoms with Gasteiger partial charge in [-0.3, -0.25) is 4.79 Å². The maximum atomic E-state index is 12.6. The topological polar surface area (TPSA) is 119 Å². The Morgan fingerprint density at radius 3 is 1.45 bits per heavy atom. The third-order valence-corrected chi connectivity index (χ3v) is 7.75. The summed E-state index contributed by atoms with van der Waals surface area (Å²) in [5, 5.41) is 19.5. The zero-order chi connectivity index (χ0) is 28.4. The van der Waals surface area contributed by atoms with Crippen molar-refractivity contribution in [2.45, 2.75) is 192 Å². The fourth-order valence-electron chi connectivity index (χ4n) is 4.87. The number of hydrogen-bond donors (Lipinski definition) is 4. The summed E-state index contributed by atoms with van der Waals surface area (Å²) in [5.74, 6) is 0.353. The minimum absolute atomic E-state index is 0.0922. The van der Waals surface area contributed by atoms with Gasteiger partial charge in [-0.25, -0.2) is 0 Å². The summed E-state index contributed by atoms with van der Waals surface area (Å²) < 4.78 is 6.10. The van der Waals surface area contributed by atoms with Crippen LogP contribution >= 0.6 is 0 Å². The molecular formula is C32H66N2O4. The molecule has 0 heterocycles. The van der Waals surface area contributed by atoms with Crippen molar-refractivity contribution < 1.29 is 19.7 Å². The Morgan fingerprint density at radius 1 is 0.632 bits per heavy atom. The van der Waals surface area contributed by atoms with Crippen molar-refractivity contribution in [1.82, 2.24) is 0 Å². The lowest BCUT2D eigenvalue weighted by molar-refractivity contribution is -0.122. The van der Waals surface area contributed by atoms with Crippen molar-refractivity contribution in [3.8, 4) is 0 Å². The van der Waals surface area contributed by atoms with Gasteiger partial charge >= 0.3 is 0 Å². The van der Waals surface area contributed by atoms with Gasteiger partial charge in [0.15, 0.2) is 0 Å². The smallest absolute Gasteiger partial charge is 0.135 e. The molecule has 38 heavy (non-hydrogen) atoms. The molecular weight excluding hydrogens is 476 g/mol. The maximum absolute atomic E-state index is 12.6. The minimum atomic E-state index is -0.394. The molecule has 0 saturated heterocycles. The lowest BCUT2D eigenvalue weighted by Crippen LogP contribution is -2.31. The number of aliphatic hydroxyl groups is 2. The molecule has 0 spiro atoms. The summed E-state index contributed by atoms with van der Waals surface area (Å²) in [7, 11) is 0. The zero-order valence-electron chi connectivity index (χ0n) is 25.5. The van der Waals surface area contributed by atoms with Crippen molar-refractivity contribution in [3.63, 3.8) is 0 Å². The van der Waals surface area contributed by atoms with E-state index in [-0.39, 0.29) is 24.3 Å².